The smallest absolute Gasteiger partial charge is 0.404 e. The lowest BCUT2D eigenvalue weighted by molar-refractivity contribution is 0.458. The molecule has 2 N–H and O–H groups in total. The monoisotopic (exact) mass is 413 g/mol. The van der Waals surface area contributed by atoms with Crippen LogP contribution in [0.15, 0.2) is 44.5 Å². The first-order valence-electron chi connectivity index (χ1n) is 9.27. The molecule has 0 spiro atoms. The SMILES string of the molecule is CC(C)Cn1c(=O)oc2cnc(NC(C)c3cc4cc(Cl)ccc4[nH]c3=O)nc21. The molecule has 0 radical (unpaired) electrons. The summed E-state index contributed by atoms with van der Waals surface area (Å²) in [5, 5.41) is 4.55. The second-order valence-electron chi connectivity index (χ2n) is 7.41. The topological polar surface area (TPSA) is 106 Å². The number of rotatable bonds is 5. The standard InChI is InChI=1S/C20H20ClN5O3/c1-10(2)9-26-17-16(29-20(26)28)8-22-19(25-17)23-11(3)14-7-12-6-13(21)4-5-15(12)24-18(14)27/h4-8,10-11H,9H2,1-3H3,(H,24,27)(H,22,23,25). The minimum absolute atomic E-state index is 0.207. The maximum atomic E-state index is 12.5. The van der Waals surface area contributed by atoms with Crippen molar-refractivity contribution in [2.24, 2.45) is 5.92 Å². The van der Waals surface area contributed by atoms with Crippen LogP contribution in [0.2, 0.25) is 5.02 Å². The van der Waals surface area contributed by atoms with Crippen LogP contribution in [0, 0.1) is 5.92 Å². The van der Waals surface area contributed by atoms with Crippen LogP contribution in [0.25, 0.3) is 22.1 Å². The maximum absolute atomic E-state index is 12.5. The summed E-state index contributed by atoms with van der Waals surface area (Å²) in [6.07, 6.45) is 1.46. The van der Waals surface area contributed by atoms with Crippen LogP contribution >= 0.6 is 11.6 Å². The third-order valence-corrected chi connectivity index (χ3v) is 4.84. The molecule has 3 aromatic heterocycles. The van der Waals surface area contributed by atoms with Crippen LogP contribution in [-0.4, -0.2) is 19.5 Å². The molecular weight excluding hydrogens is 394 g/mol. The van der Waals surface area contributed by atoms with E-state index in [4.69, 9.17) is 16.0 Å². The highest BCUT2D eigenvalue weighted by Gasteiger charge is 2.16. The molecule has 150 valence electrons. The lowest BCUT2D eigenvalue weighted by Crippen LogP contribution is -2.21. The molecule has 8 nitrogen and oxygen atoms in total. The van der Waals surface area contributed by atoms with Crippen molar-refractivity contribution in [3.8, 4) is 0 Å². The fourth-order valence-electron chi connectivity index (χ4n) is 3.25. The zero-order valence-corrected chi connectivity index (χ0v) is 16.9. The van der Waals surface area contributed by atoms with Crippen LogP contribution in [0.1, 0.15) is 32.4 Å². The average molecular weight is 414 g/mol. The maximum Gasteiger partial charge on any atom is 0.421 e. The number of nitrogens with zero attached hydrogens (tertiary/aromatic N) is 3. The van der Waals surface area contributed by atoms with Gasteiger partial charge < -0.3 is 14.7 Å². The van der Waals surface area contributed by atoms with Gasteiger partial charge in [0.05, 0.1) is 12.2 Å². The number of aromatic nitrogens is 4. The Morgan fingerprint density at radius 3 is 2.79 bits per heavy atom. The van der Waals surface area contributed by atoms with Crippen LogP contribution in [-0.2, 0) is 6.54 Å². The number of benzene rings is 1. The van der Waals surface area contributed by atoms with E-state index in [1.54, 1.807) is 24.3 Å². The van der Waals surface area contributed by atoms with Crippen molar-refractivity contribution in [2.45, 2.75) is 33.4 Å². The van der Waals surface area contributed by atoms with E-state index < -0.39 is 5.76 Å². The van der Waals surface area contributed by atoms with Gasteiger partial charge in [-0.1, -0.05) is 25.4 Å². The zero-order valence-electron chi connectivity index (χ0n) is 16.2. The van der Waals surface area contributed by atoms with Crippen LogP contribution in [0.5, 0.6) is 0 Å². The Morgan fingerprint density at radius 2 is 2.03 bits per heavy atom. The second-order valence-corrected chi connectivity index (χ2v) is 7.84. The highest BCUT2D eigenvalue weighted by atomic mass is 35.5. The van der Waals surface area contributed by atoms with Crippen molar-refractivity contribution in [3.63, 3.8) is 0 Å². The normalized spacial score (nSPS) is 12.7. The molecule has 1 unspecified atom stereocenters. The van der Waals surface area contributed by atoms with Gasteiger partial charge in [-0.25, -0.2) is 9.78 Å². The van der Waals surface area contributed by atoms with E-state index in [1.165, 1.54) is 10.8 Å². The van der Waals surface area contributed by atoms with Crippen molar-refractivity contribution in [3.05, 3.63) is 62.0 Å². The van der Waals surface area contributed by atoms with E-state index >= 15 is 0 Å². The molecule has 29 heavy (non-hydrogen) atoms. The number of H-pyrrole nitrogens is 1. The van der Waals surface area contributed by atoms with Crippen molar-refractivity contribution in [1.82, 2.24) is 19.5 Å². The van der Waals surface area contributed by atoms with Gasteiger partial charge in [0.15, 0.2) is 11.2 Å². The van der Waals surface area contributed by atoms with Crippen molar-refractivity contribution in [2.75, 3.05) is 5.32 Å². The predicted octanol–water partition coefficient (Wildman–Crippen LogP) is 3.71. The number of nitrogens with one attached hydrogen (secondary N) is 2. The van der Waals surface area contributed by atoms with E-state index in [0.29, 0.717) is 39.8 Å². The molecule has 0 aliphatic heterocycles. The minimum atomic E-state index is -0.462. The summed E-state index contributed by atoms with van der Waals surface area (Å²) in [4.78, 5) is 36.1. The number of hydrogen-bond donors (Lipinski definition) is 2. The molecule has 1 atom stereocenters. The molecule has 3 heterocycles. The summed E-state index contributed by atoms with van der Waals surface area (Å²) in [5.74, 6) is 0.0896. The molecular formula is C20H20ClN5O3. The number of pyridine rings is 1. The molecule has 0 saturated heterocycles. The number of halogens is 1. The number of anilines is 1. The summed E-state index contributed by atoms with van der Waals surface area (Å²) in [6.45, 7) is 6.34. The van der Waals surface area contributed by atoms with Gasteiger partial charge in [0.25, 0.3) is 5.56 Å². The van der Waals surface area contributed by atoms with Gasteiger partial charge in [-0.15, -0.1) is 0 Å². The first-order chi connectivity index (χ1) is 13.8. The number of oxazole rings is 1. The Balaban J connectivity index is 1.69. The third kappa shape index (κ3) is 3.75. The highest BCUT2D eigenvalue weighted by Crippen LogP contribution is 2.21. The lowest BCUT2D eigenvalue weighted by atomic mass is 10.1. The fraction of sp³-hybridized carbons (Fsp3) is 0.300. The van der Waals surface area contributed by atoms with Gasteiger partial charge >= 0.3 is 5.76 Å². The van der Waals surface area contributed by atoms with Gasteiger partial charge in [-0.2, -0.15) is 4.98 Å². The first kappa shape index (κ1) is 19.2. The summed E-state index contributed by atoms with van der Waals surface area (Å²) >= 11 is 6.06. The summed E-state index contributed by atoms with van der Waals surface area (Å²) in [5.41, 5.74) is 1.78. The minimum Gasteiger partial charge on any atom is -0.404 e. The summed E-state index contributed by atoms with van der Waals surface area (Å²) in [6, 6.07) is 6.71. The van der Waals surface area contributed by atoms with E-state index in [-0.39, 0.29) is 17.5 Å². The molecule has 0 fully saturated rings. The molecule has 0 saturated carbocycles. The number of fused-ring (bicyclic) bond motifs is 2. The molecule has 1 aromatic carbocycles. The van der Waals surface area contributed by atoms with Gasteiger partial charge in [-0.05, 0) is 37.1 Å². The molecule has 4 rings (SSSR count). The van der Waals surface area contributed by atoms with Crippen LogP contribution < -0.4 is 16.6 Å². The van der Waals surface area contributed by atoms with Crippen molar-refractivity contribution >= 4 is 39.7 Å². The first-order valence-corrected chi connectivity index (χ1v) is 9.65. The van der Waals surface area contributed by atoms with E-state index in [9.17, 15) is 9.59 Å². The van der Waals surface area contributed by atoms with Gasteiger partial charge in [0.2, 0.25) is 5.95 Å². The Hall–Kier alpha value is -3.13. The lowest BCUT2D eigenvalue weighted by Gasteiger charge is -2.14. The van der Waals surface area contributed by atoms with E-state index in [0.717, 1.165) is 5.39 Å². The summed E-state index contributed by atoms with van der Waals surface area (Å²) in [7, 11) is 0. The summed E-state index contributed by atoms with van der Waals surface area (Å²) < 4.78 is 6.70. The predicted molar refractivity (Wildman–Crippen MR) is 113 cm³/mol. The Bertz CT molecular complexity index is 1320. The van der Waals surface area contributed by atoms with Gasteiger partial charge in [-0.3, -0.25) is 9.36 Å². The largest absolute Gasteiger partial charge is 0.421 e. The molecule has 4 aromatic rings. The van der Waals surface area contributed by atoms with E-state index in [2.05, 4.69) is 20.3 Å². The fourth-order valence-corrected chi connectivity index (χ4v) is 3.43. The Morgan fingerprint density at radius 1 is 1.24 bits per heavy atom. The highest BCUT2D eigenvalue weighted by molar-refractivity contribution is 6.31. The van der Waals surface area contributed by atoms with E-state index in [1.807, 2.05) is 20.8 Å². The number of hydrogen-bond acceptors (Lipinski definition) is 6. The van der Waals surface area contributed by atoms with Gasteiger partial charge in [0, 0.05) is 28.0 Å². The van der Waals surface area contributed by atoms with Crippen LogP contribution in [0.4, 0.5) is 5.95 Å². The molecule has 0 amide bonds. The molecule has 9 heteroatoms. The molecule has 0 aliphatic carbocycles. The van der Waals surface area contributed by atoms with Crippen LogP contribution in [0.3, 0.4) is 0 Å². The zero-order chi connectivity index (χ0) is 20.7. The quantitative estimate of drug-likeness (QED) is 0.516. The average Bonchev–Trinajstić information content (AvgIpc) is 2.96. The third-order valence-electron chi connectivity index (χ3n) is 4.60. The Labute approximate surface area is 170 Å². The number of aromatic amines is 1. The molecule has 0 bridgehead atoms. The second kappa shape index (κ2) is 7.36. The molecule has 0 aliphatic rings. The van der Waals surface area contributed by atoms with Crippen molar-refractivity contribution in [1.29, 1.82) is 0 Å². The van der Waals surface area contributed by atoms with Gasteiger partial charge in [0.1, 0.15) is 0 Å². The Kier molecular flexibility index (Phi) is 4.87. The van der Waals surface area contributed by atoms with Crippen molar-refractivity contribution < 1.29 is 4.42 Å².